The van der Waals surface area contributed by atoms with Crippen molar-refractivity contribution in [3.8, 4) is 0 Å². The summed E-state index contributed by atoms with van der Waals surface area (Å²) in [5.41, 5.74) is 2.06. The number of aryl methyl sites for hydroxylation is 1. The number of carbonyl (C=O) groups is 2. The Balaban J connectivity index is 2.09. The van der Waals surface area contributed by atoms with Crippen LogP contribution < -0.4 is 10.6 Å². The summed E-state index contributed by atoms with van der Waals surface area (Å²) in [5.74, 6) is -0.798. The summed E-state index contributed by atoms with van der Waals surface area (Å²) >= 11 is 0. The molecule has 1 atom stereocenters. The molecule has 2 aromatic carbocycles. The molecule has 2 aromatic rings. The van der Waals surface area contributed by atoms with Crippen molar-refractivity contribution in [2.45, 2.75) is 26.3 Å². The van der Waals surface area contributed by atoms with Gasteiger partial charge in [-0.3, -0.25) is 9.59 Å². The number of hydrogen-bond donors (Lipinski definition) is 2. The highest BCUT2D eigenvalue weighted by Crippen LogP contribution is 2.20. The molecule has 0 bridgehead atoms. The van der Waals surface area contributed by atoms with Crippen molar-refractivity contribution in [1.29, 1.82) is 0 Å². The largest absolute Gasteiger partial charge is 0.349 e. The van der Waals surface area contributed by atoms with Crippen LogP contribution in [0.1, 0.15) is 30.5 Å². The van der Waals surface area contributed by atoms with Gasteiger partial charge in [-0.25, -0.2) is 4.39 Å². The van der Waals surface area contributed by atoms with Crippen LogP contribution in [-0.4, -0.2) is 11.8 Å². The maximum atomic E-state index is 13.1. The van der Waals surface area contributed by atoms with Crippen molar-refractivity contribution in [2.24, 2.45) is 0 Å². The molecule has 0 saturated heterocycles. The maximum absolute atomic E-state index is 13.1. The molecule has 0 heterocycles. The third kappa shape index (κ3) is 4.92. The quantitative estimate of drug-likeness (QED) is 0.889. The van der Waals surface area contributed by atoms with Crippen molar-refractivity contribution in [3.05, 3.63) is 65.5 Å². The summed E-state index contributed by atoms with van der Waals surface area (Å²) in [7, 11) is 0. The van der Waals surface area contributed by atoms with Gasteiger partial charge in [0, 0.05) is 12.6 Å². The number of anilines is 1. The van der Waals surface area contributed by atoms with Crippen LogP contribution in [0.2, 0.25) is 0 Å². The van der Waals surface area contributed by atoms with E-state index in [0.717, 1.165) is 5.56 Å². The summed E-state index contributed by atoms with van der Waals surface area (Å²) in [6.45, 7) is 3.14. The van der Waals surface area contributed by atoms with Gasteiger partial charge in [0.15, 0.2) is 0 Å². The van der Waals surface area contributed by atoms with E-state index in [9.17, 15) is 14.0 Å². The monoisotopic (exact) mass is 314 g/mol. The van der Waals surface area contributed by atoms with Crippen LogP contribution in [0.15, 0.2) is 48.5 Å². The lowest BCUT2D eigenvalue weighted by Gasteiger charge is -2.18. The summed E-state index contributed by atoms with van der Waals surface area (Å²) in [5, 5.41) is 5.53. The Morgan fingerprint density at radius 1 is 1.13 bits per heavy atom. The summed E-state index contributed by atoms with van der Waals surface area (Å²) in [4.78, 5) is 23.6. The molecule has 5 heteroatoms. The highest BCUT2D eigenvalue weighted by molar-refractivity contribution is 5.92. The van der Waals surface area contributed by atoms with Gasteiger partial charge in [0.2, 0.25) is 11.8 Å². The molecule has 2 rings (SSSR count). The standard InChI is InChI=1S/C18H19FN2O2/c1-12-10-15(19)8-9-16(12)21-18(23)11-17(20-13(2)22)14-6-4-3-5-7-14/h3-10,17H,11H2,1-2H3,(H,20,22)(H,21,23). The van der Waals surface area contributed by atoms with E-state index in [4.69, 9.17) is 0 Å². The van der Waals surface area contributed by atoms with Crippen molar-refractivity contribution < 1.29 is 14.0 Å². The second-order valence-electron chi connectivity index (χ2n) is 5.38. The number of nitrogens with one attached hydrogen (secondary N) is 2. The van der Waals surface area contributed by atoms with Gasteiger partial charge in [-0.05, 0) is 36.2 Å². The fraction of sp³-hybridized carbons (Fsp3) is 0.222. The number of halogens is 1. The summed E-state index contributed by atoms with van der Waals surface area (Å²) < 4.78 is 13.1. The first-order valence-corrected chi connectivity index (χ1v) is 7.34. The van der Waals surface area contributed by atoms with Gasteiger partial charge < -0.3 is 10.6 Å². The van der Waals surface area contributed by atoms with Crippen molar-refractivity contribution >= 4 is 17.5 Å². The fourth-order valence-electron chi connectivity index (χ4n) is 2.34. The molecule has 1 unspecified atom stereocenters. The second kappa shape index (κ2) is 7.54. The Labute approximate surface area is 134 Å². The fourth-order valence-corrected chi connectivity index (χ4v) is 2.34. The molecule has 120 valence electrons. The first-order chi connectivity index (χ1) is 11.0. The molecule has 2 N–H and O–H groups in total. The van der Waals surface area contributed by atoms with Gasteiger partial charge in [-0.2, -0.15) is 0 Å². The minimum Gasteiger partial charge on any atom is -0.349 e. The highest BCUT2D eigenvalue weighted by atomic mass is 19.1. The molecule has 0 aliphatic rings. The SMILES string of the molecule is CC(=O)NC(CC(=O)Nc1ccc(F)cc1C)c1ccccc1. The van der Waals surface area contributed by atoms with Crippen LogP contribution >= 0.6 is 0 Å². The van der Waals surface area contributed by atoms with Gasteiger partial charge in [0.05, 0.1) is 12.5 Å². The van der Waals surface area contributed by atoms with Crippen molar-refractivity contribution in [3.63, 3.8) is 0 Å². The normalized spacial score (nSPS) is 11.6. The predicted octanol–water partition coefficient (Wildman–Crippen LogP) is 3.34. The molecule has 0 fully saturated rings. The molecule has 0 saturated carbocycles. The van der Waals surface area contributed by atoms with E-state index in [2.05, 4.69) is 10.6 Å². The number of rotatable bonds is 5. The Morgan fingerprint density at radius 3 is 2.43 bits per heavy atom. The maximum Gasteiger partial charge on any atom is 0.226 e. The zero-order valence-electron chi connectivity index (χ0n) is 13.1. The molecule has 4 nitrogen and oxygen atoms in total. The molecule has 23 heavy (non-hydrogen) atoms. The summed E-state index contributed by atoms with van der Waals surface area (Å²) in [6, 6.07) is 13.1. The van der Waals surface area contributed by atoms with E-state index in [0.29, 0.717) is 11.3 Å². The Morgan fingerprint density at radius 2 is 1.83 bits per heavy atom. The van der Waals surface area contributed by atoms with Crippen LogP contribution in [-0.2, 0) is 9.59 Å². The molecule has 2 amide bonds. The smallest absolute Gasteiger partial charge is 0.226 e. The van der Waals surface area contributed by atoms with E-state index in [1.807, 2.05) is 30.3 Å². The Bertz CT molecular complexity index is 701. The number of amides is 2. The number of hydrogen-bond acceptors (Lipinski definition) is 2. The first-order valence-electron chi connectivity index (χ1n) is 7.34. The zero-order valence-corrected chi connectivity index (χ0v) is 13.1. The molecule has 0 aliphatic heterocycles. The van der Waals surface area contributed by atoms with Crippen LogP contribution in [0.3, 0.4) is 0 Å². The highest BCUT2D eigenvalue weighted by Gasteiger charge is 2.17. The van der Waals surface area contributed by atoms with Gasteiger partial charge >= 0.3 is 0 Å². The van der Waals surface area contributed by atoms with E-state index < -0.39 is 6.04 Å². The van der Waals surface area contributed by atoms with Gasteiger partial charge in [-0.15, -0.1) is 0 Å². The van der Waals surface area contributed by atoms with Crippen molar-refractivity contribution in [1.82, 2.24) is 5.32 Å². The van der Waals surface area contributed by atoms with E-state index >= 15 is 0 Å². The average molecular weight is 314 g/mol. The van der Waals surface area contributed by atoms with Gasteiger partial charge in [0.25, 0.3) is 0 Å². The lowest BCUT2D eigenvalue weighted by Crippen LogP contribution is -2.29. The third-order valence-corrected chi connectivity index (χ3v) is 3.43. The molecular weight excluding hydrogens is 295 g/mol. The molecule has 0 spiro atoms. The van der Waals surface area contributed by atoms with Crippen molar-refractivity contribution in [2.75, 3.05) is 5.32 Å². The van der Waals surface area contributed by atoms with Gasteiger partial charge in [0.1, 0.15) is 5.82 Å². The minimum atomic E-state index is -0.408. The predicted molar refractivity (Wildman–Crippen MR) is 87.4 cm³/mol. The molecule has 0 aliphatic carbocycles. The van der Waals surface area contributed by atoms with Crippen LogP contribution in [0.25, 0.3) is 0 Å². The average Bonchev–Trinajstić information content (AvgIpc) is 2.50. The van der Waals surface area contributed by atoms with E-state index in [1.54, 1.807) is 6.92 Å². The molecule has 0 aromatic heterocycles. The number of carbonyl (C=O) groups excluding carboxylic acids is 2. The molecular formula is C18H19FN2O2. The molecule has 0 radical (unpaired) electrons. The number of benzene rings is 2. The zero-order chi connectivity index (χ0) is 16.8. The lowest BCUT2D eigenvalue weighted by molar-refractivity contribution is -0.120. The Kier molecular flexibility index (Phi) is 5.46. The van der Waals surface area contributed by atoms with Crippen LogP contribution in [0, 0.1) is 12.7 Å². The minimum absolute atomic E-state index is 0.0976. The Hall–Kier alpha value is -2.69. The summed E-state index contributed by atoms with van der Waals surface area (Å²) in [6.07, 6.45) is 0.0976. The van der Waals surface area contributed by atoms with Crippen LogP contribution in [0.5, 0.6) is 0 Å². The van der Waals surface area contributed by atoms with Crippen LogP contribution in [0.4, 0.5) is 10.1 Å². The van der Waals surface area contributed by atoms with Gasteiger partial charge in [-0.1, -0.05) is 30.3 Å². The van der Waals surface area contributed by atoms with E-state index in [1.165, 1.54) is 25.1 Å². The topological polar surface area (TPSA) is 58.2 Å². The first kappa shape index (κ1) is 16.7. The second-order valence-corrected chi connectivity index (χ2v) is 5.38. The lowest BCUT2D eigenvalue weighted by atomic mass is 10.0. The third-order valence-electron chi connectivity index (χ3n) is 3.43. The van der Waals surface area contributed by atoms with E-state index in [-0.39, 0.29) is 24.1 Å².